The van der Waals surface area contributed by atoms with E-state index in [1.54, 1.807) is 23.1 Å². The number of sulfone groups is 1. The van der Waals surface area contributed by atoms with Gasteiger partial charge in [-0.3, -0.25) is 9.36 Å². The van der Waals surface area contributed by atoms with Gasteiger partial charge >= 0.3 is 5.76 Å². The Balaban J connectivity index is 1.25. The number of likely N-dealkylation sites (tertiary alicyclic amines) is 2. The van der Waals surface area contributed by atoms with Gasteiger partial charge in [-0.25, -0.2) is 13.2 Å². The topological polar surface area (TPSA) is 92.8 Å². The summed E-state index contributed by atoms with van der Waals surface area (Å²) in [5.41, 5.74) is 1.17. The summed E-state index contributed by atoms with van der Waals surface area (Å²) in [6.07, 6.45) is 3.20. The van der Waals surface area contributed by atoms with Crippen molar-refractivity contribution in [3.8, 4) is 0 Å². The van der Waals surface area contributed by atoms with Gasteiger partial charge in [-0.15, -0.1) is 0 Å². The van der Waals surface area contributed by atoms with Crippen LogP contribution in [0, 0.1) is 5.92 Å². The molecule has 1 aromatic carbocycles. The summed E-state index contributed by atoms with van der Waals surface area (Å²) in [4.78, 5) is 28.8. The number of rotatable bonds is 5. The minimum absolute atomic E-state index is 0.102. The predicted octanol–water partition coefficient (Wildman–Crippen LogP) is 1.10. The molecule has 1 atom stereocenters. The summed E-state index contributed by atoms with van der Waals surface area (Å²) in [6.45, 7) is 3.70. The number of benzene rings is 1. The van der Waals surface area contributed by atoms with Crippen LogP contribution in [-0.2, 0) is 21.2 Å². The Morgan fingerprint density at radius 1 is 1.17 bits per heavy atom. The molecule has 1 spiro atoms. The number of amides is 1. The molecule has 1 aromatic heterocycles. The Labute approximate surface area is 175 Å². The van der Waals surface area contributed by atoms with Crippen LogP contribution in [0.4, 0.5) is 0 Å². The molecule has 0 saturated carbocycles. The molecule has 3 saturated heterocycles. The molecule has 162 valence electrons. The van der Waals surface area contributed by atoms with Crippen molar-refractivity contribution in [3.63, 3.8) is 0 Å². The summed E-state index contributed by atoms with van der Waals surface area (Å²) in [6, 6.07) is 7.12. The van der Waals surface area contributed by atoms with Gasteiger partial charge in [0.05, 0.1) is 11.3 Å². The molecule has 4 heterocycles. The third-order valence-corrected chi connectivity index (χ3v) is 9.77. The maximum absolute atomic E-state index is 12.8. The molecular weight excluding hydrogens is 406 g/mol. The fourth-order valence-electron chi connectivity index (χ4n) is 5.37. The number of carbonyl (C=O) groups excluding carboxylic acids is 1. The molecule has 0 N–H and O–H groups in total. The predicted molar refractivity (Wildman–Crippen MR) is 112 cm³/mol. The molecule has 3 aliphatic heterocycles. The average Bonchev–Trinajstić information content (AvgIpc) is 3.36. The molecule has 1 unspecified atom stereocenters. The van der Waals surface area contributed by atoms with Crippen LogP contribution in [0.5, 0.6) is 0 Å². The summed E-state index contributed by atoms with van der Waals surface area (Å²) >= 11 is 0. The van der Waals surface area contributed by atoms with Crippen molar-refractivity contribution in [1.29, 1.82) is 0 Å². The fourth-order valence-corrected chi connectivity index (χ4v) is 7.78. The summed E-state index contributed by atoms with van der Waals surface area (Å²) in [5, 5.41) is 0. The van der Waals surface area contributed by atoms with Gasteiger partial charge in [0.1, 0.15) is 4.75 Å². The largest absolute Gasteiger partial charge is 0.419 e. The van der Waals surface area contributed by atoms with Crippen LogP contribution < -0.4 is 5.76 Å². The first-order valence-corrected chi connectivity index (χ1v) is 12.4. The van der Waals surface area contributed by atoms with E-state index in [1.165, 1.54) is 17.4 Å². The minimum atomic E-state index is -3.19. The van der Waals surface area contributed by atoms with E-state index < -0.39 is 20.3 Å². The molecule has 0 radical (unpaired) electrons. The average molecular weight is 434 g/mol. The van der Waals surface area contributed by atoms with Gasteiger partial charge in [0.15, 0.2) is 15.4 Å². The van der Waals surface area contributed by atoms with Crippen molar-refractivity contribution in [2.45, 2.75) is 37.0 Å². The number of aromatic nitrogens is 1. The third-order valence-electron chi connectivity index (χ3n) is 7.17. The summed E-state index contributed by atoms with van der Waals surface area (Å²) in [7, 11) is -3.19. The molecule has 30 heavy (non-hydrogen) atoms. The summed E-state index contributed by atoms with van der Waals surface area (Å²) < 4.78 is 31.6. The van der Waals surface area contributed by atoms with Crippen LogP contribution in [-0.4, -0.2) is 71.9 Å². The maximum Gasteiger partial charge on any atom is 0.419 e. The number of nitrogens with zero attached hydrogens (tertiary/aromatic N) is 3. The second-order valence-electron chi connectivity index (χ2n) is 8.86. The van der Waals surface area contributed by atoms with Crippen molar-refractivity contribution < 1.29 is 17.6 Å². The number of carbonyl (C=O) groups is 1. The van der Waals surface area contributed by atoms with Gasteiger partial charge in [-0.05, 0) is 50.4 Å². The van der Waals surface area contributed by atoms with Gasteiger partial charge in [-0.1, -0.05) is 12.1 Å². The van der Waals surface area contributed by atoms with E-state index in [0.29, 0.717) is 17.5 Å². The van der Waals surface area contributed by atoms with Crippen LogP contribution in [0.15, 0.2) is 33.5 Å². The van der Waals surface area contributed by atoms with Gasteiger partial charge in [0.25, 0.3) is 0 Å². The standard InChI is InChI=1S/C21H27N3O5S/c25-19(7-11-24-17-5-1-2-6-18(17)29-20(24)26)23-14-21(15-23)16(8-12-30(21,27)28)13-22-9-3-4-10-22/h1-2,5-6,16H,3-4,7-15H2. The Bertz CT molecular complexity index is 1120. The van der Waals surface area contributed by atoms with Crippen LogP contribution in [0.1, 0.15) is 25.7 Å². The van der Waals surface area contributed by atoms with E-state index in [4.69, 9.17) is 4.42 Å². The Kier molecular flexibility index (Phi) is 4.77. The van der Waals surface area contributed by atoms with Crippen molar-refractivity contribution in [2.24, 2.45) is 5.92 Å². The first kappa shape index (κ1) is 19.8. The van der Waals surface area contributed by atoms with Crippen LogP contribution in [0.25, 0.3) is 11.1 Å². The molecule has 0 bridgehead atoms. The molecule has 5 rings (SSSR count). The third kappa shape index (κ3) is 3.10. The van der Waals surface area contributed by atoms with Crippen LogP contribution in [0.2, 0.25) is 0 Å². The lowest BCUT2D eigenvalue weighted by Gasteiger charge is -2.50. The highest BCUT2D eigenvalue weighted by Gasteiger charge is 2.62. The second-order valence-corrected chi connectivity index (χ2v) is 11.3. The second kappa shape index (κ2) is 7.23. The number of hydrogen-bond donors (Lipinski definition) is 0. The van der Waals surface area contributed by atoms with Crippen LogP contribution in [0.3, 0.4) is 0 Å². The highest BCUT2D eigenvalue weighted by Crippen LogP contribution is 2.45. The molecule has 3 fully saturated rings. The maximum atomic E-state index is 12.8. The van der Waals surface area contributed by atoms with Crippen molar-refractivity contribution in [2.75, 3.05) is 38.5 Å². The van der Waals surface area contributed by atoms with E-state index in [1.807, 2.05) is 6.07 Å². The van der Waals surface area contributed by atoms with Gasteiger partial charge in [0, 0.05) is 32.6 Å². The van der Waals surface area contributed by atoms with E-state index in [-0.39, 0.29) is 43.6 Å². The number of oxazole rings is 1. The number of para-hydroxylation sites is 2. The SMILES string of the molecule is O=C(CCn1c(=O)oc2ccccc21)N1CC2(C1)C(CN1CCCC1)CCS2(=O)=O. The minimum Gasteiger partial charge on any atom is -0.408 e. The lowest BCUT2D eigenvalue weighted by Crippen LogP contribution is -2.69. The van der Waals surface area contributed by atoms with Crippen molar-refractivity contribution in [3.05, 3.63) is 34.8 Å². The lowest BCUT2D eigenvalue weighted by molar-refractivity contribution is -0.137. The van der Waals surface area contributed by atoms with Gasteiger partial charge in [0.2, 0.25) is 5.91 Å². The Morgan fingerprint density at radius 2 is 1.90 bits per heavy atom. The normalized spacial score (nSPS) is 25.2. The molecule has 2 aromatic rings. The first-order valence-electron chi connectivity index (χ1n) is 10.7. The Morgan fingerprint density at radius 3 is 2.67 bits per heavy atom. The first-order chi connectivity index (χ1) is 14.4. The smallest absolute Gasteiger partial charge is 0.408 e. The van der Waals surface area contributed by atoms with Gasteiger partial charge < -0.3 is 14.2 Å². The van der Waals surface area contributed by atoms with E-state index in [0.717, 1.165) is 19.6 Å². The molecule has 1 amide bonds. The quantitative estimate of drug-likeness (QED) is 0.701. The van der Waals surface area contributed by atoms with Crippen molar-refractivity contribution >= 4 is 26.8 Å². The highest BCUT2D eigenvalue weighted by molar-refractivity contribution is 7.93. The van der Waals surface area contributed by atoms with Crippen LogP contribution >= 0.6 is 0 Å². The fraction of sp³-hybridized carbons (Fsp3) is 0.619. The number of hydrogen-bond acceptors (Lipinski definition) is 6. The lowest BCUT2D eigenvalue weighted by atomic mass is 9.82. The number of aryl methyl sites for hydroxylation is 1. The zero-order valence-corrected chi connectivity index (χ0v) is 17.8. The zero-order chi connectivity index (χ0) is 20.9. The Hall–Kier alpha value is -2.13. The zero-order valence-electron chi connectivity index (χ0n) is 17.0. The van der Waals surface area contributed by atoms with Crippen molar-refractivity contribution in [1.82, 2.24) is 14.4 Å². The molecule has 8 nitrogen and oxygen atoms in total. The van der Waals surface area contributed by atoms with Gasteiger partial charge in [-0.2, -0.15) is 0 Å². The monoisotopic (exact) mass is 433 g/mol. The van der Waals surface area contributed by atoms with E-state index in [2.05, 4.69) is 4.90 Å². The number of fused-ring (bicyclic) bond motifs is 1. The summed E-state index contributed by atoms with van der Waals surface area (Å²) in [5.74, 6) is -0.262. The van der Waals surface area contributed by atoms with E-state index in [9.17, 15) is 18.0 Å². The van der Waals surface area contributed by atoms with E-state index >= 15 is 0 Å². The molecular formula is C21H27N3O5S. The molecule has 9 heteroatoms. The molecule has 3 aliphatic rings. The highest BCUT2D eigenvalue weighted by atomic mass is 32.2. The molecule has 0 aliphatic carbocycles.